The molecule has 2 saturated carbocycles. The van der Waals surface area contributed by atoms with Crippen LogP contribution in [0.3, 0.4) is 0 Å². The van der Waals surface area contributed by atoms with Crippen LogP contribution in [-0.2, 0) is 33.9 Å². The fraction of sp³-hybridized carbons (Fsp3) is 0.487. The topological polar surface area (TPSA) is 206 Å². The van der Waals surface area contributed by atoms with E-state index in [4.69, 9.17) is 9.47 Å². The molecule has 3 fully saturated rings. The van der Waals surface area contributed by atoms with E-state index in [9.17, 15) is 37.2 Å². The summed E-state index contributed by atoms with van der Waals surface area (Å²) in [4.78, 5) is 82.7. The molecule has 16 heteroatoms. The maximum atomic E-state index is 14.4. The highest BCUT2D eigenvalue weighted by Crippen LogP contribution is 2.45. The Morgan fingerprint density at radius 3 is 2.15 bits per heavy atom. The number of sulfonamides is 1. The lowest BCUT2D eigenvalue weighted by Crippen LogP contribution is -2.60. The Kier molecular flexibility index (Phi) is 11.5. The number of para-hydroxylation sites is 1. The molecule has 0 radical (unpaired) electrons. The van der Waals surface area contributed by atoms with Crippen molar-refractivity contribution in [1.29, 1.82) is 0 Å². The van der Waals surface area contributed by atoms with Crippen LogP contribution < -0.4 is 20.7 Å². The van der Waals surface area contributed by atoms with E-state index in [1.54, 1.807) is 90.1 Å². The lowest BCUT2D eigenvalue weighted by atomic mass is 9.85. The van der Waals surface area contributed by atoms with Crippen molar-refractivity contribution in [2.75, 3.05) is 11.9 Å². The largest absolute Gasteiger partial charge is 0.444 e. The molecule has 2 aromatic rings. The van der Waals surface area contributed by atoms with Gasteiger partial charge < -0.3 is 25.0 Å². The number of nitrogens with one attached hydrogen (secondary N) is 4. The summed E-state index contributed by atoms with van der Waals surface area (Å²) in [6.45, 7) is 13.6. The summed E-state index contributed by atoms with van der Waals surface area (Å²) < 4.78 is 38.6. The Bertz CT molecular complexity index is 1970. The summed E-state index contributed by atoms with van der Waals surface area (Å²) in [7, 11) is -3.95. The van der Waals surface area contributed by atoms with E-state index in [0.717, 1.165) is 0 Å². The van der Waals surface area contributed by atoms with Gasteiger partial charge in [-0.2, -0.15) is 0 Å². The molecule has 296 valence electrons. The van der Waals surface area contributed by atoms with Crippen molar-refractivity contribution in [3.05, 3.63) is 78.4 Å². The van der Waals surface area contributed by atoms with Crippen LogP contribution in [0, 0.1) is 11.3 Å². The zero-order valence-electron chi connectivity index (χ0n) is 31.8. The van der Waals surface area contributed by atoms with Gasteiger partial charge in [0.25, 0.3) is 5.91 Å². The molecule has 2 aliphatic carbocycles. The number of carbonyl (C=O) groups is 6. The zero-order valence-corrected chi connectivity index (χ0v) is 32.7. The molecule has 0 spiro atoms. The Hall–Kier alpha value is -5.25. The monoisotopic (exact) mass is 779 g/mol. The number of ketones is 1. The first-order chi connectivity index (χ1) is 25.6. The smallest absolute Gasteiger partial charge is 0.411 e. The highest BCUT2D eigenvalue weighted by atomic mass is 32.2. The molecule has 3 aliphatic rings. The van der Waals surface area contributed by atoms with Crippen LogP contribution in [-0.4, -0.2) is 90.1 Å². The molecular weight excluding hydrogens is 731 g/mol. The van der Waals surface area contributed by atoms with Crippen LogP contribution in [0.2, 0.25) is 0 Å². The van der Waals surface area contributed by atoms with E-state index in [1.807, 2.05) is 0 Å². The quantitative estimate of drug-likeness (QED) is 0.180. The maximum Gasteiger partial charge on any atom is 0.411 e. The van der Waals surface area contributed by atoms with Crippen molar-refractivity contribution in [1.82, 2.24) is 20.3 Å². The second-order valence-corrected chi connectivity index (χ2v) is 18.2. The first-order valence-corrected chi connectivity index (χ1v) is 19.7. The average molecular weight is 780 g/mol. The van der Waals surface area contributed by atoms with E-state index >= 15 is 0 Å². The van der Waals surface area contributed by atoms with Gasteiger partial charge in [0.05, 0.1) is 17.5 Å². The second kappa shape index (κ2) is 15.5. The van der Waals surface area contributed by atoms with E-state index in [2.05, 4.69) is 27.3 Å². The van der Waals surface area contributed by atoms with Gasteiger partial charge in [-0.3, -0.25) is 29.2 Å². The molecule has 5 unspecified atom stereocenters. The predicted octanol–water partition coefficient (Wildman–Crippen LogP) is 4.04. The minimum absolute atomic E-state index is 0.0726. The van der Waals surface area contributed by atoms with E-state index in [1.165, 1.54) is 17.0 Å². The molecule has 15 nitrogen and oxygen atoms in total. The van der Waals surface area contributed by atoms with Crippen LogP contribution >= 0.6 is 0 Å². The van der Waals surface area contributed by atoms with Crippen molar-refractivity contribution >= 4 is 51.4 Å². The molecule has 0 bridgehead atoms. The number of amides is 5. The van der Waals surface area contributed by atoms with Crippen molar-refractivity contribution in [2.24, 2.45) is 11.3 Å². The number of rotatable bonds is 12. The number of anilines is 1. The minimum atomic E-state index is -3.95. The van der Waals surface area contributed by atoms with Gasteiger partial charge in [-0.05, 0) is 57.6 Å². The van der Waals surface area contributed by atoms with Crippen molar-refractivity contribution in [3.8, 4) is 0 Å². The molecule has 0 aromatic heterocycles. The molecule has 55 heavy (non-hydrogen) atoms. The predicted molar refractivity (Wildman–Crippen MR) is 202 cm³/mol. The molecule has 2 aromatic carbocycles. The van der Waals surface area contributed by atoms with E-state index < -0.39 is 85.8 Å². The number of ether oxygens (including phenoxy) is 2. The van der Waals surface area contributed by atoms with Gasteiger partial charge in [-0.15, -0.1) is 6.58 Å². The third kappa shape index (κ3) is 9.71. The first kappa shape index (κ1) is 40.9. The van der Waals surface area contributed by atoms with E-state index in [0.29, 0.717) is 18.4 Å². The van der Waals surface area contributed by atoms with Gasteiger partial charge in [-0.25, -0.2) is 18.0 Å². The first-order valence-electron chi connectivity index (χ1n) is 18.1. The molecule has 4 N–H and O–H groups in total. The van der Waals surface area contributed by atoms with Crippen LogP contribution in [0.4, 0.5) is 15.3 Å². The number of carbonyl (C=O) groups excluding carboxylic acids is 6. The Labute approximate surface area is 321 Å². The second-order valence-electron chi connectivity index (χ2n) is 16.3. The lowest BCUT2D eigenvalue weighted by Gasteiger charge is -2.36. The number of benzene rings is 2. The number of hydrogen-bond donors (Lipinski definition) is 4. The molecular formula is C39H49N5O10S. The SMILES string of the molecule is C=CC1CC1(NC(=O)C1CC(OC(=O)Nc2ccccc2C(=O)c2ccccc2)CN1C(=O)C(NC(=O)OC(C)(C)C)C(C)(C)C)C(=O)NS(=O)(=O)C1CC1. The summed E-state index contributed by atoms with van der Waals surface area (Å²) in [5.74, 6) is -3.33. The van der Waals surface area contributed by atoms with Crippen LogP contribution in [0.1, 0.15) is 83.1 Å². The van der Waals surface area contributed by atoms with Crippen molar-refractivity contribution in [2.45, 2.75) is 102 Å². The minimum Gasteiger partial charge on any atom is -0.444 e. The number of hydrogen-bond acceptors (Lipinski definition) is 10. The third-order valence-corrected chi connectivity index (χ3v) is 11.4. The van der Waals surface area contributed by atoms with Gasteiger partial charge in [0.15, 0.2) is 5.78 Å². The third-order valence-electron chi connectivity index (χ3n) is 9.59. The Balaban J connectivity index is 1.39. The molecule has 1 heterocycles. The summed E-state index contributed by atoms with van der Waals surface area (Å²) in [6, 6.07) is 12.3. The summed E-state index contributed by atoms with van der Waals surface area (Å²) in [5, 5.41) is 7.23. The highest BCUT2D eigenvalue weighted by Gasteiger charge is 2.62. The highest BCUT2D eigenvalue weighted by molar-refractivity contribution is 7.91. The number of likely N-dealkylation sites (tertiary alicyclic amines) is 1. The lowest BCUT2D eigenvalue weighted by molar-refractivity contribution is -0.143. The Morgan fingerprint density at radius 2 is 1.56 bits per heavy atom. The fourth-order valence-corrected chi connectivity index (χ4v) is 7.82. The number of nitrogens with zero attached hydrogens (tertiary/aromatic N) is 1. The molecule has 5 amide bonds. The Morgan fingerprint density at radius 1 is 0.927 bits per heavy atom. The maximum absolute atomic E-state index is 14.4. The summed E-state index contributed by atoms with van der Waals surface area (Å²) in [5.41, 5.74) is -2.63. The van der Waals surface area contributed by atoms with Crippen LogP contribution in [0.15, 0.2) is 67.3 Å². The summed E-state index contributed by atoms with van der Waals surface area (Å²) in [6.07, 6.45) is -0.744. The zero-order chi connectivity index (χ0) is 40.5. The van der Waals surface area contributed by atoms with Gasteiger partial charge in [0.1, 0.15) is 29.3 Å². The molecule has 5 rings (SSSR count). The van der Waals surface area contributed by atoms with Gasteiger partial charge in [-0.1, -0.05) is 69.3 Å². The van der Waals surface area contributed by atoms with Gasteiger partial charge >= 0.3 is 12.2 Å². The van der Waals surface area contributed by atoms with Gasteiger partial charge in [0, 0.05) is 23.5 Å². The standard InChI is InChI=1S/C39H49N5O10S/c1-8-24-21-39(24,34(48)43-55(51,52)26-18-19-26)42-32(46)29-20-25(22-44(29)33(47)31(37(2,3)4)41-36(50)54-38(5,6)7)53-35(49)40-28-17-13-12-16-27(28)30(45)23-14-10-9-11-15-23/h8-17,24-26,29,31H,1,18-22H2,2-7H3,(H,40,49)(H,41,50)(H,42,46)(H,43,48). The normalized spacial score (nSPS) is 22.7. The van der Waals surface area contributed by atoms with Crippen molar-refractivity contribution in [3.63, 3.8) is 0 Å². The summed E-state index contributed by atoms with van der Waals surface area (Å²) >= 11 is 0. The fourth-order valence-electron chi connectivity index (χ4n) is 6.46. The number of alkyl carbamates (subject to hydrolysis) is 1. The average Bonchev–Trinajstić information content (AvgIpc) is 4.03. The molecule has 5 atom stereocenters. The van der Waals surface area contributed by atoms with E-state index in [-0.39, 0.29) is 36.4 Å². The van der Waals surface area contributed by atoms with Crippen molar-refractivity contribution < 1.29 is 46.7 Å². The van der Waals surface area contributed by atoms with Crippen LogP contribution in [0.5, 0.6) is 0 Å². The van der Waals surface area contributed by atoms with Crippen LogP contribution in [0.25, 0.3) is 0 Å². The molecule has 1 aliphatic heterocycles. The van der Waals surface area contributed by atoms with Gasteiger partial charge in [0.2, 0.25) is 21.8 Å². The molecule has 1 saturated heterocycles.